The molecule has 0 unspecified atom stereocenters. The summed E-state index contributed by atoms with van der Waals surface area (Å²) in [6.07, 6.45) is 12.3. The summed E-state index contributed by atoms with van der Waals surface area (Å²) in [6, 6.07) is 0. The van der Waals surface area contributed by atoms with Gasteiger partial charge in [-0.3, -0.25) is 0 Å². The SMILES string of the molecule is C/C=C\C[C@@H](CC)[C@H](CN(C)C)C1(O)CCCCC1. The second kappa shape index (κ2) is 8.06. The molecule has 1 fully saturated rings. The third kappa shape index (κ3) is 4.92. The van der Waals surface area contributed by atoms with Gasteiger partial charge >= 0.3 is 0 Å². The fourth-order valence-electron chi connectivity index (χ4n) is 3.61. The molecule has 0 radical (unpaired) electrons. The largest absolute Gasteiger partial charge is 0.390 e. The van der Waals surface area contributed by atoms with E-state index in [1.165, 1.54) is 19.3 Å². The second-order valence-electron chi connectivity index (χ2n) is 6.51. The Morgan fingerprint density at radius 1 is 1.21 bits per heavy atom. The molecule has 0 aromatic rings. The monoisotopic (exact) mass is 267 g/mol. The van der Waals surface area contributed by atoms with Gasteiger partial charge in [-0.1, -0.05) is 44.8 Å². The fourth-order valence-corrected chi connectivity index (χ4v) is 3.61. The highest BCUT2D eigenvalue weighted by Gasteiger charge is 2.41. The van der Waals surface area contributed by atoms with Crippen LogP contribution in [0.5, 0.6) is 0 Å². The van der Waals surface area contributed by atoms with Crippen LogP contribution in [0.1, 0.15) is 58.8 Å². The van der Waals surface area contributed by atoms with Gasteiger partial charge in [0.25, 0.3) is 0 Å². The molecule has 1 rings (SSSR count). The number of hydrogen-bond donors (Lipinski definition) is 1. The highest BCUT2D eigenvalue weighted by molar-refractivity contribution is 4.95. The molecule has 2 atom stereocenters. The van der Waals surface area contributed by atoms with E-state index in [9.17, 15) is 5.11 Å². The van der Waals surface area contributed by atoms with Crippen molar-refractivity contribution < 1.29 is 5.11 Å². The third-order valence-corrected chi connectivity index (χ3v) is 4.74. The van der Waals surface area contributed by atoms with Gasteiger partial charge < -0.3 is 10.0 Å². The Hall–Kier alpha value is -0.340. The van der Waals surface area contributed by atoms with Crippen molar-refractivity contribution in [3.8, 4) is 0 Å². The Morgan fingerprint density at radius 3 is 2.32 bits per heavy atom. The second-order valence-corrected chi connectivity index (χ2v) is 6.51. The normalized spacial score (nSPS) is 22.8. The molecule has 1 aliphatic carbocycles. The predicted molar refractivity (Wildman–Crippen MR) is 83.3 cm³/mol. The first kappa shape index (κ1) is 16.7. The van der Waals surface area contributed by atoms with Crippen LogP contribution in [-0.4, -0.2) is 36.2 Å². The lowest BCUT2D eigenvalue weighted by atomic mass is 9.68. The van der Waals surface area contributed by atoms with Crippen LogP contribution in [0.4, 0.5) is 0 Å². The van der Waals surface area contributed by atoms with Crippen LogP contribution in [0.3, 0.4) is 0 Å². The molecule has 0 aromatic carbocycles. The lowest BCUT2D eigenvalue weighted by Gasteiger charge is -2.44. The van der Waals surface area contributed by atoms with Gasteiger partial charge in [0, 0.05) is 12.5 Å². The van der Waals surface area contributed by atoms with Crippen LogP contribution in [0, 0.1) is 11.8 Å². The highest BCUT2D eigenvalue weighted by atomic mass is 16.3. The van der Waals surface area contributed by atoms with E-state index in [0.717, 1.165) is 32.2 Å². The molecular weight excluding hydrogens is 234 g/mol. The molecule has 2 heteroatoms. The van der Waals surface area contributed by atoms with E-state index in [2.05, 4.69) is 45.0 Å². The van der Waals surface area contributed by atoms with Gasteiger partial charge in [-0.2, -0.15) is 0 Å². The van der Waals surface area contributed by atoms with E-state index >= 15 is 0 Å². The molecule has 2 nitrogen and oxygen atoms in total. The Balaban J connectivity index is 2.84. The first-order valence-corrected chi connectivity index (χ1v) is 8.01. The summed E-state index contributed by atoms with van der Waals surface area (Å²) < 4.78 is 0. The van der Waals surface area contributed by atoms with Gasteiger partial charge in [0.1, 0.15) is 0 Å². The molecule has 112 valence electrons. The average molecular weight is 267 g/mol. The zero-order chi connectivity index (χ0) is 14.3. The molecule has 1 N–H and O–H groups in total. The first-order chi connectivity index (χ1) is 9.03. The molecule has 1 saturated carbocycles. The van der Waals surface area contributed by atoms with Crippen molar-refractivity contribution in [3.05, 3.63) is 12.2 Å². The number of nitrogens with zero attached hydrogens (tertiary/aromatic N) is 1. The topological polar surface area (TPSA) is 23.5 Å². The maximum atomic E-state index is 11.1. The van der Waals surface area contributed by atoms with Crippen molar-refractivity contribution in [1.82, 2.24) is 4.90 Å². The quantitative estimate of drug-likeness (QED) is 0.708. The summed E-state index contributed by atoms with van der Waals surface area (Å²) in [6.45, 7) is 5.36. The van der Waals surface area contributed by atoms with Crippen molar-refractivity contribution in [2.45, 2.75) is 64.4 Å². The molecular formula is C17H33NO. The molecule has 0 aliphatic heterocycles. The molecule has 0 spiro atoms. The van der Waals surface area contributed by atoms with Crippen molar-refractivity contribution >= 4 is 0 Å². The van der Waals surface area contributed by atoms with Crippen molar-refractivity contribution in [3.63, 3.8) is 0 Å². The summed E-state index contributed by atoms with van der Waals surface area (Å²) in [5.74, 6) is 1.01. The van der Waals surface area contributed by atoms with Gasteiger partial charge in [0.2, 0.25) is 0 Å². The maximum absolute atomic E-state index is 11.1. The van der Waals surface area contributed by atoms with E-state index in [-0.39, 0.29) is 0 Å². The minimum absolute atomic E-state index is 0.406. The minimum atomic E-state index is -0.426. The number of allylic oxidation sites excluding steroid dienone is 2. The summed E-state index contributed by atoms with van der Waals surface area (Å²) in [5.41, 5.74) is -0.426. The van der Waals surface area contributed by atoms with Crippen LogP contribution in [0.25, 0.3) is 0 Å². The predicted octanol–water partition coefficient (Wildman–Crippen LogP) is 3.85. The first-order valence-electron chi connectivity index (χ1n) is 8.01. The Kier molecular flexibility index (Phi) is 7.09. The Morgan fingerprint density at radius 2 is 1.84 bits per heavy atom. The Labute approximate surface area is 119 Å². The molecule has 0 amide bonds. The molecule has 0 bridgehead atoms. The van der Waals surface area contributed by atoms with Crippen LogP contribution >= 0.6 is 0 Å². The van der Waals surface area contributed by atoms with E-state index in [1.807, 2.05) is 0 Å². The molecule has 0 heterocycles. The number of aliphatic hydroxyl groups is 1. The standard InChI is InChI=1S/C17H33NO/c1-5-7-11-15(6-2)16(14-18(3)4)17(19)12-9-8-10-13-17/h5,7,15-16,19H,6,8-14H2,1-4H3/b7-5-/t15-,16+/m1/s1. The number of rotatable bonds is 7. The molecule has 0 saturated heterocycles. The van der Waals surface area contributed by atoms with E-state index in [0.29, 0.717) is 11.8 Å². The average Bonchev–Trinajstić information content (AvgIpc) is 2.38. The zero-order valence-electron chi connectivity index (χ0n) is 13.4. The van der Waals surface area contributed by atoms with Crippen molar-refractivity contribution in [2.24, 2.45) is 11.8 Å². The summed E-state index contributed by atoms with van der Waals surface area (Å²) in [5, 5.41) is 11.1. The van der Waals surface area contributed by atoms with E-state index in [1.54, 1.807) is 0 Å². The molecule has 0 aromatic heterocycles. The molecule has 1 aliphatic rings. The summed E-state index contributed by atoms with van der Waals surface area (Å²) in [7, 11) is 4.25. The van der Waals surface area contributed by atoms with Crippen LogP contribution in [0.15, 0.2) is 12.2 Å². The van der Waals surface area contributed by atoms with Gasteiger partial charge in [-0.15, -0.1) is 0 Å². The third-order valence-electron chi connectivity index (χ3n) is 4.74. The fraction of sp³-hybridized carbons (Fsp3) is 0.882. The Bertz CT molecular complexity index is 266. The van der Waals surface area contributed by atoms with Crippen molar-refractivity contribution in [2.75, 3.05) is 20.6 Å². The highest BCUT2D eigenvalue weighted by Crippen LogP contribution is 2.40. The van der Waals surface area contributed by atoms with E-state index < -0.39 is 5.60 Å². The van der Waals surface area contributed by atoms with Gasteiger partial charge in [-0.05, 0) is 46.2 Å². The van der Waals surface area contributed by atoms with Gasteiger partial charge in [0.15, 0.2) is 0 Å². The number of hydrogen-bond acceptors (Lipinski definition) is 2. The van der Waals surface area contributed by atoms with Crippen molar-refractivity contribution in [1.29, 1.82) is 0 Å². The zero-order valence-corrected chi connectivity index (χ0v) is 13.4. The summed E-state index contributed by atoms with van der Waals surface area (Å²) >= 11 is 0. The van der Waals surface area contributed by atoms with E-state index in [4.69, 9.17) is 0 Å². The van der Waals surface area contributed by atoms with Gasteiger partial charge in [-0.25, -0.2) is 0 Å². The lowest BCUT2D eigenvalue weighted by Crippen LogP contribution is -2.48. The van der Waals surface area contributed by atoms with Crippen LogP contribution in [0.2, 0.25) is 0 Å². The maximum Gasteiger partial charge on any atom is 0.0690 e. The van der Waals surface area contributed by atoms with Crippen LogP contribution in [-0.2, 0) is 0 Å². The lowest BCUT2D eigenvalue weighted by molar-refractivity contribution is -0.0775. The minimum Gasteiger partial charge on any atom is -0.390 e. The smallest absolute Gasteiger partial charge is 0.0690 e. The molecule has 19 heavy (non-hydrogen) atoms. The summed E-state index contributed by atoms with van der Waals surface area (Å²) in [4.78, 5) is 2.25. The van der Waals surface area contributed by atoms with Gasteiger partial charge in [0.05, 0.1) is 5.60 Å². The van der Waals surface area contributed by atoms with Crippen LogP contribution < -0.4 is 0 Å².